The van der Waals surface area contributed by atoms with Crippen molar-refractivity contribution in [3.05, 3.63) is 29.6 Å². The standard InChI is InChI=1S/C13H19FN2O3S/c1-19-9-10-5-6-16(8-10)20(17,18)13-4-2-3-12(14)11(13)7-15/h2-4,10H,5-9,15H2,1H3. The molecule has 1 atom stereocenters. The van der Waals surface area contributed by atoms with Crippen LogP contribution in [0.15, 0.2) is 23.1 Å². The van der Waals surface area contributed by atoms with E-state index < -0.39 is 15.8 Å². The maximum absolute atomic E-state index is 13.7. The van der Waals surface area contributed by atoms with Crippen LogP contribution in [0.1, 0.15) is 12.0 Å². The van der Waals surface area contributed by atoms with Crippen molar-refractivity contribution in [3.63, 3.8) is 0 Å². The lowest BCUT2D eigenvalue weighted by Crippen LogP contribution is -2.30. The molecule has 20 heavy (non-hydrogen) atoms. The third-order valence-electron chi connectivity index (χ3n) is 3.55. The van der Waals surface area contributed by atoms with Gasteiger partial charge in [0.1, 0.15) is 5.82 Å². The van der Waals surface area contributed by atoms with E-state index in [1.54, 1.807) is 7.11 Å². The molecule has 0 saturated carbocycles. The lowest BCUT2D eigenvalue weighted by atomic mass is 10.1. The minimum Gasteiger partial charge on any atom is -0.384 e. The van der Waals surface area contributed by atoms with Crippen molar-refractivity contribution >= 4 is 10.0 Å². The molecule has 0 radical (unpaired) electrons. The van der Waals surface area contributed by atoms with Crippen LogP contribution in [-0.2, 0) is 21.3 Å². The van der Waals surface area contributed by atoms with Crippen molar-refractivity contribution in [2.45, 2.75) is 17.9 Å². The van der Waals surface area contributed by atoms with Crippen LogP contribution in [0.25, 0.3) is 0 Å². The zero-order valence-electron chi connectivity index (χ0n) is 11.4. The fourth-order valence-electron chi connectivity index (χ4n) is 2.50. The topological polar surface area (TPSA) is 72.6 Å². The molecular weight excluding hydrogens is 283 g/mol. The van der Waals surface area contributed by atoms with E-state index in [-0.39, 0.29) is 22.9 Å². The molecule has 7 heteroatoms. The van der Waals surface area contributed by atoms with E-state index in [1.165, 1.54) is 22.5 Å². The number of hydrogen-bond donors (Lipinski definition) is 1. The number of halogens is 1. The van der Waals surface area contributed by atoms with E-state index >= 15 is 0 Å². The zero-order chi connectivity index (χ0) is 14.8. The average molecular weight is 302 g/mol. The van der Waals surface area contributed by atoms with E-state index in [1.807, 2.05) is 0 Å². The number of benzene rings is 1. The van der Waals surface area contributed by atoms with Gasteiger partial charge in [0.05, 0.1) is 11.5 Å². The number of hydrogen-bond acceptors (Lipinski definition) is 4. The summed E-state index contributed by atoms with van der Waals surface area (Å²) in [5.74, 6) is -0.397. The smallest absolute Gasteiger partial charge is 0.243 e. The summed E-state index contributed by atoms with van der Waals surface area (Å²) in [5.41, 5.74) is 5.52. The summed E-state index contributed by atoms with van der Waals surface area (Å²) in [6.45, 7) is 1.21. The van der Waals surface area contributed by atoms with Gasteiger partial charge in [0.2, 0.25) is 10.0 Å². The molecule has 1 aliphatic rings. The van der Waals surface area contributed by atoms with Gasteiger partial charge in [-0.15, -0.1) is 0 Å². The molecule has 1 aliphatic heterocycles. The SMILES string of the molecule is COCC1CCN(S(=O)(=O)c2cccc(F)c2CN)C1. The second-order valence-electron chi connectivity index (χ2n) is 4.89. The molecule has 0 bridgehead atoms. The predicted octanol–water partition coefficient (Wildman–Crippen LogP) is 0.941. The first-order valence-corrected chi connectivity index (χ1v) is 7.91. The molecule has 2 N–H and O–H groups in total. The van der Waals surface area contributed by atoms with Crippen molar-refractivity contribution in [3.8, 4) is 0 Å². The highest BCUT2D eigenvalue weighted by atomic mass is 32.2. The molecule has 2 rings (SSSR count). The minimum absolute atomic E-state index is 0.0296. The Morgan fingerprint density at radius 1 is 1.50 bits per heavy atom. The Kier molecular flexibility index (Phi) is 4.74. The van der Waals surface area contributed by atoms with Crippen LogP contribution in [-0.4, -0.2) is 39.5 Å². The largest absolute Gasteiger partial charge is 0.384 e. The second-order valence-corrected chi connectivity index (χ2v) is 6.80. The summed E-state index contributed by atoms with van der Waals surface area (Å²) in [4.78, 5) is -0.0296. The van der Waals surface area contributed by atoms with Gasteiger partial charge < -0.3 is 10.5 Å². The highest BCUT2D eigenvalue weighted by Crippen LogP contribution is 2.27. The lowest BCUT2D eigenvalue weighted by Gasteiger charge is -2.18. The Morgan fingerprint density at radius 3 is 2.90 bits per heavy atom. The maximum atomic E-state index is 13.7. The van der Waals surface area contributed by atoms with Gasteiger partial charge in [-0.25, -0.2) is 12.8 Å². The number of sulfonamides is 1. The molecule has 1 unspecified atom stereocenters. The highest BCUT2D eigenvalue weighted by Gasteiger charge is 2.34. The van der Waals surface area contributed by atoms with Gasteiger partial charge in [-0.2, -0.15) is 4.31 Å². The van der Waals surface area contributed by atoms with Crippen molar-refractivity contribution in [1.29, 1.82) is 0 Å². The van der Waals surface area contributed by atoms with E-state index in [9.17, 15) is 12.8 Å². The number of methoxy groups -OCH3 is 1. The quantitative estimate of drug-likeness (QED) is 0.878. The summed E-state index contributed by atoms with van der Waals surface area (Å²) in [7, 11) is -2.10. The van der Waals surface area contributed by atoms with E-state index in [0.717, 1.165) is 6.42 Å². The summed E-state index contributed by atoms with van der Waals surface area (Å²) < 4.78 is 45.3. The zero-order valence-corrected chi connectivity index (χ0v) is 12.2. The molecule has 1 aromatic carbocycles. The maximum Gasteiger partial charge on any atom is 0.243 e. The molecule has 5 nitrogen and oxygen atoms in total. The first-order valence-electron chi connectivity index (χ1n) is 6.47. The Morgan fingerprint density at radius 2 is 2.25 bits per heavy atom. The number of nitrogens with zero attached hydrogens (tertiary/aromatic N) is 1. The Hall–Kier alpha value is -1.02. The predicted molar refractivity (Wildman–Crippen MR) is 73.0 cm³/mol. The fraction of sp³-hybridized carbons (Fsp3) is 0.538. The molecule has 0 spiro atoms. The third-order valence-corrected chi connectivity index (χ3v) is 5.50. The Labute approximate surface area is 118 Å². The number of rotatable bonds is 5. The van der Waals surface area contributed by atoms with Gasteiger partial charge in [-0.05, 0) is 24.5 Å². The number of nitrogens with two attached hydrogens (primary N) is 1. The van der Waals surface area contributed by atoms with Crippen LogP contribution >= 0.6 is 0 Å². The molecule has 1 fully saturated rings. The van der Waals surface area contributed by atoms with Crippen LogP contribution in [0, 0.1) is 11.7 Å². The van der Waals surface area contributed by atoms with Gasteiger partial charge in [0, 0.05) is 32.3 Å². The lowest BCUT2D eigenvalue weighted by molar-refractivity contribution is 0.157. The summed E-state index contributed by atoms with van der Waals surface area (Å²) >= 11 is 0. The normalized spacial score (nSPS) is 20.4. The van der Waals surface area contributed by atoms with Gasteiger partial charge in [0.25, 0.3) is 0 Å². The first kappa shape index (κ1) is 15.4. The molecule has 0 amide bonds. The van der Waals surface area contributed by atoms with Gasteiger partial charge >= 0.3 is 0 Å². The van der Waals surface area contributed by atoms with Crippen LogP contribution in [0.2, 0.25) is 0 Å². The van der Waals surface area contributed by atoms with Gasteiger partial charge in [0.15, 0.2) is 0 Å². The highest BCUT2D eigenvalue weighted by molar-refractivity contribution is 7.89. The number of ether oxygens (including phenoxy) is 1. The Balaban J connectivity index is 2.30. The second kappa shape index (κ2) is 6.17. The molecule has 1 heterocycles. The van der Waals surface area contributed by atoms with E-state index in [4.69, 9.17) is 10.5 Å². The monoisotopic (exact) mass is 302 g/mol. The van der Waals surface area contributed by atoms with Crippen molar-refractivity contribution < 1.29 is 17.5 Å². The minimum atomic E-state index is -3.70. The molecule has 1 saturated heterocycles. The average Bonchev–Trinajstić information content (AvgIpc) is 2.88. The van der Waals surface area contributed by atoms with Crippen molar-refractivity contribution in [2.75, 3.05) is 26.8 Å². The van der Waals surface area contributed by atoms with Crippen LogP contribution in [0.3, 0.4) is 0 Å². The van der Waals surface area contributed by atoms with Gasteiger partial charge in [-0.1, -0.05) is 6.07 Å². The summed E-state index contributed by atoms with van der Waals surface area (Å²) in [6, 6.07) is 4.02. The molecule has 0 aromatic heterocycles. The summed E-state index contributed by atoms with van der Waals surface area (Å²) in [5, 5.41) is 0. The van der Waals surface area contributed by atoms with Crippen LogP contribution in [0.5, 0.6) is 0 Å². The van der Waals surface area contributed by atoms with Crippen LogP contribution < -0.4 is 5.73 Å². The summed E-state index contributed by atoms with van der Waals surface area (Å²) in [6.07, 6.45) is 0.750. The molecular formula is C13H19FN2O3S. The fourth-order valence-corrected chi connectivity index (χ4v) is 4.28. The van der Waals surface area contributed by atoms with Crippen LogP contribution in [0.4, 0.5) is 4.39 Å². The first-order chi connectivity index (χ1) is 9.50. The molecule has 0 aliphatic carbocycles. The van der Waals surface area contributed by atoms with E-state index in [2.05, 4.69) is 0 Å². The van der Waals surface area contributed by atoms with Crippen molar-refractivity contribution in [2.24, 2.45) is 11.7 Å². The van der Waals surface area contributed by atoms with E-state index in [0.29, 0.717) is 19.7 Å². The Bertz CT molecular complexity index is 577. The molecule has 1 aromatic rings. The third kappa shape index (κ3) is 2.85. The molecule has 112 valence electrons. The van der Waals surface area contributed by atoms with Gasteiger partial charge in [-0.3, -0.25) is 0 Å². The van der Waals surface area contributed by atoms with Crippen molar-refractivity contribution in [1.82, 2.24) is 4.31 Å².